The van der Waals surface area contributed by atoms with Crippen LogP contribution in [0.2, 0.25) is 5.02 Å². The summed E-state index contributed by atoms with van der Waals surface area (Å²) in [6.45, 7) is 0.327. The quantitative estimate of drug-likeness (QED) is 0.769. The first kappa shape index (κ1) is 16.9. The highest BCUT2D eigenvalue weighted by molar-refractivity contribution is 6.30. The Balaban J connectivity index is 1.80. The molecule has 0 atom stereocenters. The number of hydrogen-bond donors (Lipinski definition) is 1. The molecule has 0 unspecified atom stereocenters. The van der Waals surface area contributed by atoms with E-state index >= 15 is 0 Å². The van der Waals surface area contributed by atoms with Gasteiger partial charge in [-0.2, -0.15) is 0 Å². The average molecular weight is 357 g/mol. The monoisotopic (exact) mass is 356 g/mol. The SMILES string of the molecule is O=C(Nc1ccc(F)cc1)c1ccc(=O)n(Cc2ccc(Cl)cc2)c1. The second-order valence-corrected chi connectivity index (χ2v) is 5.91. The van der Waals surface area contributed by atoms with Gasteiger partial charge in [-0.25, -0.2) is 4.39 Å². The zero-order chi connectivity index (χ0) is 17.8. The van der Waals surface area contributed by atoms with Gasteiger partial charge >= 0.3 is 0 Å². The molecule has 0 aliphatic heterocycles. The number of carbonyl (C=O) groups excluding carboxylic acids is 1. The summed E-state index contributed by atoms with van der Waals surface area (Å²) in [6.07, 6.45) is 1.50. The van der Waals surface area contributed by atoms with Crippen LogP contribution in [0.3, 0.4) is 0 Å². The van der Waals surface area contributed by atoms with Gasteiger partial charge in [-0.3, -0.25) is 9.59 Å². The second kappa shape index (κ2) is 7.32. The summed E-state index contributed by atoms with van der Waals surface area (Å²) in [6, 6.07) is 15.4. The Hall–Kier alpha value is -2.92. The Morgan fingerprint density at radius 3 is 2.36 bits per heavy atom. The van der Waals surface area contributed by atoms with E-state index < -0.39 is 0 Å². The van der Waals surface area contributed by atoms with Crippen LogP contribution in [0, 0.1) is 5.82 Å². The lowest BCUT2D eigenvalue weighted by molar-refractivity contribution is 0.102. The summed E-state index contributed by atoms with van der Waals surface area (Å²) in [5, 5.41) is 3.28. The van der Waals surface area contributed by atoms with Crippen molar-refractivity contribution in [2.75, 3.05) is 5.32 Å². The molecule has 4 nitrogen and oxygen atoms in total. The van der Waals surface area contributed by atoms with Gasteiger partial charge in [0.05, 0.1) is 12.1 Å². The van der Waals surface area contributed by atoms with Crippen LogP contribution in [-0.4, -0.2) is 10.5 Å². The van der Waals surface area contributed by atoms with Crippen molar-refractivity contribution in [3.63, 3.8) is 0 Å². The Morgan fingerprint density at radius 1 is 1.00 bits per heavy atom. The van der Waals surface area contributed by atoms with Crippen molar-refractivity contribution >= 4 is 23.2 Å². The molecule has 0 bridgehead atoms. The van der Waals surface area contributed by atoms with Crippen molar-refractivity contribution in [2.24, 2.45) is 0 Å². The minimum atomic E-state index is -0.380. The maximum absolute atomic E-state index is 12.9. The highest BCUT2D eigenvalue weighted by Crippen LogP contribution is 2.12. The Bertz CT molecular complexity index is 950. The van der Waals surface area contributed by atoms with Crippen molar-refractivity contribution < 1.29 is 9.18 Å². The Labute approximate surface area is 148 Å². The highest BCUT2D eigenvalue weighted by Gasteiger charge is 2.09. The van der Waals surface area contributed by atoms with E-state index in [1.54, 1.807) is 12.1 Å². The minimum absolute atomic E-state index is 0.215. The Morgan fingerprint density at radius 2 is 1.68 bits per heavy atom. The molecule has 25 heavy (non-hydrogen) atoms. The maximum Gasteiger partial charge on any atom is 0.257 e. The zero-order valence-corrected chi connectivity index (χ0v) is 13.8. The van der Waals surface area contributed by atoms with Crippen molar-refractivity contribution in [1.29, 1.82) is 0 Å². The van der Waals surface area contributed by atoms with Gasteiger partial charge in [0.1, 0.15) is 5.82 Å². The molecular weight excluding hydrogens is 343 g/mol. The van der Waals surface area contributed by atoms with Crippen molar-refractivity contribution in [3.8, 4) is 0 Å². The zero-order valence-electron chi connectivity index (χ0n) is 13.1. The molecule has 1 heterocycles. The van der Waals surface area contributed by atoms with Gasteiger partial charge < -0.3 is 9.88 Å². The summed E-state index contributed by atoms with van der Waals surface area (Å²) >= 11 is 5.85. The number of pyridine rings is 1. The third-order valence-electron chi connectivity index (χ3n) is 3.61. The molecule has 1 N–H and O–H groups in total. The van der Waals surface area contributed by atoms with Gasteiger partial charge in [0.2, 0.25) is 0 Å². The summed E-state index contributed by atoms with van der Waals surface area (Å²) in [7, 11) is 0. The lowest BCUT2D eigenvalue weighted by Crippen LogP contribution is -2.22. The number of halogens is 2. The van der Waals surface area contributed by atoms with E-state index in [0.717, 1.165) is 5.56 Å². The van der Waals surface area contributed by atoms with E-state index in [0.29, 0.717) is 22.8 Å². The van der Waals surface area contributed by atoms with Crippen LogP contribution in [0.15, 0.2) is 71.7 Å². The first-order chi connectivity index (χ1) is 12.0. The fraction of sp³-hybridized carbons (Fsp3) is 0.0526. The van der Waals surface area contributed by atoms with E-state index in [4.69, 9.17) is 11.6 Å². The third kappa shape index (κ3) is 4.33. The molecule has 6 heteroatoms. The number of hydrogen-bond acceptors (Lipinski definition) is 2. The first-order valence-electron chi connectivity index (χ1n) is 7.53. The van der Waals surface area contributed by atoms with Crippen molar-refractivity contribution in [2.45, 2.75) is 6.54 Å². The summed E-state index contributed by atoms with van der Waals surface area (Å²) in [5.41, 5.74) is 1.48. The van der Waals surface area contributed by atoms with Crippen LogP contribution >= 0.6 is 11.6 Å². The summed E-state index contributed by atoms with van der Waals surface area (Å²) in [4.78, 5) is 24.3. The molecule has 0 fully saturated rings. The second-order valence-electron chi connectivity index (χ2n) is 5.47. The number of anilines is 1. The van der Waals surface area contributed by atoms with Crippen molar-refractivity contribution in [3.05, 3.63) is 99.2 Å². The van der Waals surface area contributed by atoms with Gasteiger partial charge in [-0.15, -0.1) is 0 Å². The van der Waals surface area contributed by atoms with Gasteiger partial charge in [0.15, 0.2) is 0 Å². The molecule has 0 aliphatic rings. The van der Waals surface area contributed by atoms with E-state index in [-0.39, 0.29) is 17.3 Å². The molecule has 3 aromatic rings. The fourth-order valence-electron chi connectivity index (χ4n) is 2.31. The van der Waals surface area contributed by atoms with Gasteiger partial charge in [-0.05, 0) is 48.0 Å². The van der Waals surface area contributed by atoms with E-state index in [2.05, 4.69) is 5.32 Å². The largest absolute Gasteiger partial charge is 0.322 e. The standard InChI is InChI=1S/C19H14ClFN2O2/c20-15-4-1-13(2-5-15)11-23-12-14(3-10-18(23)24)19(25)22-17-8-6-16(21)7-9-17/h1-10,12H,11H2,(H,22,25). The lowest BCUT2D eigenvalue weighted by atomic mass is 10.2. The van der Waals surface area contributed by atoms with Crippen LogP contribution < -0.4 is 10.9 Å². The van der Waals surface area contributed by atoms with E-state index in [9.17, 15) is 14.0 Å². The number of carbonyl (C=O) groups is 1. The molecule has 0 saturated carbocycles. The molecule has 2 aromatic carbocycles. The maximum atomic E-state index is 12.9. The lowest BCUT2D eigenvalue weighted by Gasteiger charge is -2.09. The fourth-order valence-corrected chi connectivity index (χ4v) is 2.44. The number of benzene rings is 2. The third-order valence-corrected chi connectivity index (χ3v) is 3.87. The van der Waals surface area contributed by atoms with E-state index in [1.165, 1.54) is 47.2 Å². The van der Waals surface area contributed by atoms with Crippen LogP contribution in [-0.2, 0) is 6.54 Å². The predicted molar refractivity (Wildman–Crippen MR) is 95.6 cm³/mol. The number of aromatic nitrogens is 1. The molecule has 1 aromatic heterocycles. The summed E-state index contributed by atoms with van der Waals surface area (Å²) in [5.74, 6) is -0.758. The van der Waals surface area contributed by atoms with Gasteiger partial charge in [0.25, 0.3) is 11.5 Å². The van der Waals surface area contributed by atoms with E-state index in [1.807, 2.05) is 12.1 Å². The molecule has 1 amide bonds. The van der Waals surface area contributed by atoms with Crippen LogP contribution in [0.5, 0.6) is 0 Å². The molecule has 126 valence electrons. The number of rotatable bonds is 4. The number of amides is 1. The van der Waals surface area contributed by atoms with Crippen molar-refractivity contribution in [1.82, 2.24) is 4.57 Å². The molecular formula is C19H14ClFN2O2. The number of nitrogens with one attached hydrogen (secondary N) is 1. The van der Waals surface area contributed by atoms with Gasteiger partial charge in [-0.1, -0.05) is 23.7 Å². The minimum Gasteiger partial charge on any atom is -0.322 e. The summed E-state index contributed by atoms with van der Waals surface area (Å²) < 4.78 is 14.4. The smallest absolute Gasteiger partial charge is 0.257 e. The van der Waals surface area contributed by atoms with Crippen LogP contribution in [0.4, 0.5) is 10.1 Å². The Kier molecular flexibility index (Phi) is 4.95. The molecule has 0 saturated heterocycles. The highest BCUT2D eigenvalue weighted by atomic mass is 35.5. The molecule has 0 radical (unpaired) electrons. The molecule has 0 spiro atoms. The average Bonchev–Trinajstić information content (AvgIpc) is 2.60. The van der Waals surface area contributed by atoms with Crippen LogP contribution in [0.25, 0.3) is 0 Å². The normalized spacial score (nSPS) is 10.5. The predicted octanol–water partition coefficient (Wildman–Crippen LogP) is 3.94. The van der Waals surface area contributed by atoms with Crippen LogP contribution in [0.1, 0.15) is 15.9 Å². The molecule has 3 rings (SSSR count). The molecule has 0 aliphatic carbocycles. The topological polar surface area (TPSA) is 51.1 Å². The number of nitrogens with zero attached hydrogens (tertiary/aromatic N) is 1. The first-order valence-corrected chi connectivity index (χ1v) is 7.91. The van der Waals surface area contributed by atoms with Gasteiger partial charge in [0, 0.05) is 23.0 Å².